The maximum absolute atomic E-state index is 11.6. The van der Waals surface area contributed by atoms with Gasteiger partial charge in [-0.3, -0.25) is 0 Å². The average molecular weight is 478 g/mol. The van der Waals surface area contributed by atoms with Crippen LogP contribution in [0.1, 0.15) is 26.3 Å². The van der Waals surface area contributed by atoms with E-state index in [1.54, 1.807) is 0 Å². The van der Waals surface area contributed by atoms with Crippen LogP contribution in [-0.4, -0.2) is 23.0 Å². The SMILES string of the molecule is CC(C)(C)c1ccc([S+](c2ccccc2)c2ccccc2)cc1.O=C(O)C(F)(F)C(=O)OF. The van der Waals surface area contributed by atoms with Gasteiger partial charge in [0.25, 0.3) is 0 Å². The summed E-state index contributed by atoms with van der Waals surface area (Å²) in [5.41, 5.74) is 1.57. The second-order valence-corrected chi connectivity index (χ2v) is 9.98. The fourth-order valence-corrected chi connectivity index (χ4v) is 4.83. The maximum atomic E-state index is 11.6. The Morgan fingerprint density at radius 2 is 1.15 bits per heavy atom. The van der Waals surface area contributed by atoms with Crippen LogP contribution in [-0.2, 0) is 30.8 Å². The molecule has 3 aromatic rings. The van der Waals surface area contributed by atoms with Crippen molar-refractivity contribution in [2.45, 2.75) is 46.8 Å². The molecule has 0 spiro atoms. The molecule has 0 unspecified atom stereocenters. The minimum atomic E-state index is -4.81. The van der Waals surface area contributed by atoms with E-state index < -0.39 is 17.9 Å². The van der Waals surface area contributed by atoms with Crippen LogP contribution in [0.15, 0.2) is 99.6 Å². The van der Waals surface area contributed by atoms with Gasteiger partial charge >= 0.3 is 17.9 Å². The van der Waals surface area contributed by atoms with Crippen LogP contribution in [0, 0.1) is 0 Å². The fourth-order valence-electron chi connectivity index (χ4n) is 2.75. The van der Waals surface area contributed by atoms with Crippen LogP contribution in [0.3, 0.4) is 0 Å². The predicted molar refractivity (Wildman–Crippen MR) is 120 cm³/mol. The van der Waals surface area contributed by atoms with Crippen molar-refractivity contribution >= 4 is 22.8 Å². The molecular weight excluding hydrogens is 453 g/mol. The molecule has 0 saturated heterocycles. The molecule has 0 bridgehead atoms. The average Bonchev–Trinajstić information content (AvgIpc) is 2.80. The molecule has 0 fully saturated rings. The summed E-state index contributed by atoms with van der Waals surface area (Å²) in [6.07, 6.45) is 0. The highest BCUT2D eigenvalue weighted by Crippen LogP contribution is 2.32. The summed E-state index contributed by atoms with van der Waals surface area (Å²) in [7, 11) is -0.0497. The van der Waals surface area contributed by atoms with Gasteiger partial charge in [0.15, 0.2) is 14.7 Å². The molecule has 0 heterocycles. The predicted octanol–water partition coefficient (Wildman–Crippen LogP) is 6.21. The van der Waals surface area contributed by atoms with Crippen LogP contribution in [0.2, 0.25) is 0 Å². The molecule has 0 atom stereocenters. The Morgan fingerprint density at radius 1 is 0.758 bits per heavy atom. The van der Waals surface area contributed by atoms with Gasteiger partial charge in [0.2, 0.25) is 0 Å². The molecule has 33 heavy (non-hydrogen) atoms. The normalized spacial score (nSPS) is 11.4. The van der Waals surface area contributed by atoms with Crippen molar-refractivity contribution in [2.75, 3.05) is 0 Å². The minimum Gasteiger partial charge on any atom is -0.476 e. The summed E-state index contributed by atoms with van der Waals surface area (Å²) >= 11 is 0. The largest absolute Gasteiger partial charge is 0.476 e. The Labute approximate surface area is 193 Å². The zero-order valence-electron chi connectivity index (χ0n) is 18.3. The second-order valence-electron chi connectivity index (χ2n) is 7.95. The molecule has 174 valence electrons. The van der Waals surface area contributed by atoms with Crippen LogP contribution in [0.4, 0.5) is 13.3 Å². The fraction of sp³-hybridized carbons (Fsp3) is 0.200. The van der Waals surface area contributed by atoms with Gasteiger partial charge in [0.05, 0.1) is 10.9 Å². The third kappa shape index (κ3) is 6.86. The van der Waals surface area contributed by atoms with Crippen molar-refractivity contribution in [1.82, 2.24) is 0 Å². The first-order chi connectivity index (χ1) is 15.5. The topological polar surface area (TPSA) is 63.6 Å². The van der Waals surface area contributed by atoms with Crippen molar-refractivity contribution in [3.05, 3.63) is 90.5 Å². The summed E-state index contributed by atoms with van der Waals surface area (Å²) in [5.74, 6) is -10.3. The smallest absolute Gasteiger partial charge is 0.440 e. The third-order valence-corrected chi connectivity index (χ3v) is 6.74. The Morgan fingerprint density at radius 3 is 1.45 bits per heavy atom. The number of alkyl halides is 2. The van der Waals surface area contributed by atoms with Crippen molar-refractivity contribution in [1.29, 1.82) is 0 Å². The lowest BCUT2D eigenvalue weighted by atomic mass is 9.87. The van der Waals surface area contributed by atoms with E-state index in [2.05, 4.69) is 106 Å². The van der Waals surface area contributed by atoms with Crippen LogP contribution in [0.5, 0.6) is 0 Å². The first kappa shape index (κ1) is 26.0. The second kappa shape index (κ2) is 11.0. The molecule has 0 aliphatic carbocycles. The van der Waals surface area contributed by atoms with Crippen LogP contribution >= 0.6 is 0 Å². The number of carboxylic acid groups (broad SMARTS) is 1. The van der Waals surface area contributed by atoms with Gasteiger partial charge < -0.3 is 5.11 Å². The van der Waals surface area contributed by atoms with Crippen molar-refractivity contribution in [3.8, 4) is 0 Å². The van der Waals surface area contributed by atoms with Gasteiger partial charge in [-0.05, 0) is 47.4 Å². The van der Waals surface area contributed by atoms with E-state index in [0.717, 1.165) is 0 Å². The number of hydrogen-bond donors (Lipinski definition) is 1. The van der Waals surface area contributed by atoms with Gasteiger partial charge in [-0.1, -0.05) is 69.3 Å². The van der Waals surface area contributed by atoms with Gasteiger partial charge in [-0.25, -0.2) is 14.5 Å². The van der Waals surface area contributed by atoms with Gasteiger partial charge in [0, 0.05) is 4.53 Å². The standard InChI is InChI=1S/C22H23S.C3HF3O4/c1-22(2,3)18-14-16-21(17-15-18)23(19-10-6-4-7-11-19)20-12-8-5-9-13-20;4-3(5,1(7)8)2(9)10-6/h4-17H,1-3H3;(H,7,8)/q+1;. The Kier molecular flexibility index (Phi) is 8.70. The number of aliphatic carboxylic acids is 1. The van der Waals surface area contributed by atoms with Gasteiger partial charge in [0.1, 0.15) is 0 Å². The number of hydrogen-bond acceptors (Lipinski definition) is 3. The van der Waals surface area contributed by atoms with E-state index in [1.807, 2.05) is 4.94 Å². The molecule has 3 aromatic carbocycles. The number of halogens is 3. The van der Waals surface area contributed by atoms with Crippen molar-refractivity contribution in [2.24, 2.45) is 0 Å². The summed E-state index contributed by atoms with van der Waals surface area (Å²) in [6, 6.07) is 30.7. The third-order valence-electron chi connectivity index (χ3n) is 4.51. The number of carboxylic acids is 1. The zero-order chi connectivity index (χ0) is 24.6. The lowest BCUT2D eigenvalue weighted by Crippen LogP contribution is -2.37. The Hall–Kier alpha value is -3.26. The molecule has 0 aliphatic heterocycles. The van der Waals surface area contributed by atoms with E-state index in [-0.39, 0.29) is 16.3 Å². The summed E-state index contributed by atoms with van der Waals surface area (Å²) < 4.78 is 33.9. The van der Waals surface area contributed by atoms with Gasteiger partial charge in [-0.2, -0.15) is 8.78 Å². The zero-order valence-corrected chi connectivity index (χ0v) is 19.1. The molecule has 0 saturated carbocycles. The summed E-state index contributed by atoms with van der Waals surface area (Å²) in [5, 5.41) is 7.53. The van der Waals surface area contributed by atoms with Gasteiger partial charge in [-0.15, -0.1) is 0 Å². The van der Waals surface area contributed by atoms with E-state index in [0.29, 0.717) is 0 Å². The van der Waals surface area contributed by atoms with E-state index in [9.17, 15) is 22.9 Å². The van der Waals surface area contributed by atoms with Crippen LogP contribution < -0.4 is 0 Å². The monoisotopic (exact) mass is 477 g/mol. The Balaban J connectivity index is 0.000000328. The Bertz CT molecular complexity index is 1010. The molecule has 3 rings (SSSR count). The summed E-state index contributed by atoms with van der Waals surface area (Å²) in [4.78, 5) is 25.1. The van der Waals surface area contributed by atoms with Crippen LogP contribution in [0.25, 0.3) is 0 Å². The first-order valence-corrected chi connectivity index (χ1v) is 11.1. The highest BCUT2D eigenvalue weighted by Gasteiger charge is 2.50. The molecule has 0 radical (unpaired) electrons. The maximum Gasteiger partial charge on any atom is 0.440 e. The molecule has 0 aromatic heterocycles. The lowest BCUT2D eigenvalue weighted by molar-refractivity contribution is -0.216. The number of rotatable bonds is 5. The lowest BCUT2D eigenvalue weighted by Gasteiger charge is -2.19. The number of carbonyl (C=O) groups excluding carboxylic acids is 1. The molecular formula is C25H24F3O4S+. The first-order valence-electron chi connectivity index (χ1n) is 9.87. The van der Waals surface area contributed by atoms with E-state index in [1.165, 1.54) is 20.2 Å². The molecule has 0 amide bonds. The summed E-state index contributed by atoms with van der Waals surface area (Å²) in [6.45, 7) is 6.78. The quantitative estimate of drug-likeness (QED) is 0.350. The van der Waals surface area contributed by atoms with Crippen molar-refractivity contribution < 1.29 is 32.9 Å². The molecule has 8 heteroatoms. The van der Waals surface area contributed by atoms with E-state index >= 15 is 0 Å². The van der Waals surface area contributed by atoms with E-state index in [4.69, 9.17) is 5.11 Å². The molecule has 4 nitrogen and oxygen atoms in total. The van der Waals surface area contributed by atoms with Crippen molar-refractivity contribution in [3.63, 3.8) is 0 Å². The molecule has 0 aliphatic rings. The number of benzene rings is 3. The number of carbonyl (C=O) groups is 2. The highest BCUT2D eigenvalue weighted by atomic mass is 32.2. The highest BCUT2D eigenvalue weighted by molar-refractivity contribution is 7.97. The molecule has 1 N–H and O–H groups in total. The minimum absolute atomic E-state index is 0.0497.